The summed E-state index contributed by atoms with van der Waals surface area (Å²) in [5.74, 6) is 1.02. The number of benzene rings is 1. The first-order chi connectivity index (χ1) is 11.3. The zero-order valence-corrected chi connectivity index (χ0v) is 15.2. The summed E-state index contributed by atoms with van der Waals surface area (Å²) in [6.45, 7) is 10.4. The van der Waals surface area contributed by atoms with E-state index < -0.39 is 0 Å². The largest absolute Gasteiger partial charge is 0.491 e. The average Bonchev–Trinajstić information content (AvgIpc) is 3.01. The van der Waals surface area contributed by atoms with Gasteiger partial charge in [-0.3, -0.25) is 0 Å². The molecular weight excluding hydrogens is 304 g/mol. The third kappa shape index (κ3) is 5.13. The number of likely N-dealkylation sites (tertiary alicyclic amines) is 1. The Hall–Kier alpha value is -1.75. The number of hydrogen-bond acceptors (Lipinski definition) is 3. The highest BCUT2D eigenvalue weighted by molar-refractivity contribution is 5.74. The first-order valence-electron chi connectivity index (χ1n) is 8.69. The van der Waals surface area contributed by atoms with Gasteiger partial charge in [-0.2, -0.15) is 0 Å². The van der Waals surface area contributed by atoms with Gasteiger partial charge in [0.2, 0.25) is 0 Å². The zero-order valence-electron chi connectivity index (χ0n) is 15.2. The Labute approximate surface area is 145 Å². The number of aliphatic hydroxyl groups is 1. The van der Waals surface area contributed by atoms with Crippen LogP contribution < -0.4 is 10.1 Å². The van der Waals surface area contributed by atoms with Crippen molar-refractivity contribution in [2.24, 2.45) is 5.92 Å². The van der Waals surface area contributed by atoms with Gasteiger partial charge in [0.15, 0.2) is 0 Å². The Morgan fingerprint density at radius 1 is 1.38 bits per heavy atom. The maximum atomic E-state index is 12.2. The highest BCUT2D eigenvalue weighted by atomic mass is 16.5. The van der Waals surface area contributed by atoms with Crippen LogP contribution in [0.1, 0.15) is 39.7 Å². The molecular formula is C19H30N2O3. The number of ether oxygens (including phenoxy) is 1. The van der Waals surface area contributed by atoms with Crippen molar-refractivity contribution in [3.8, 4) is 5.75 Å². The number of rotatable bonds is 5. The second-order valence-electron chi connectivity index (χ2n) is 7.72. The van der Waals surface area contributed by atoms with Crippen molar-refractivity contribution in [2.45, 2.75) is 45.6 Å². The van der Waals surface area contributed by atoms with Gasteiger partial charge in [-0.15, -0.1) is 0 Å². The van der Waals surface area contributed by atoms with Crippen LogP contribution >= 0.6 is 0 Å². The van der Waals surface area contributed by atoms with E-state index in [0.717, 1.165) is 12.2 Å². The number of carbonyl (C=O) groups excluding carboxylic acids is 1. The predicted octanol–water partition coefficient (Wildman–Crippen LogP) is 2.78. The van der Waals surface area contributed by atoms with Crippen molar-refractivity contribution >= 4 is 6.03 Å². The van der Waals surface area contributed by atoms with Crippen molar-refractivity contribution in [1.82, 2.24) is 10.2 Å². The minimum absolute atomic E-state index is 0.0760. The lowest BCUT2D eigenvalue weighted by Crippen LogP contribution is -2.45. The van der Waals surface area contributed by atoms with Crippen LogP contribution in [-0.2, 0) is 5.41 Å². The number of urea groups is 1. The Kier molecular flexibility index (Phi) is 6.10. The van der Waals surface area contributed by atoms with Crippen LogP contribution in [0.25, 0.3) is 0 Å². The minimum Gasteiger partial charge on any atom is -0.491 e. The van der Waals surface area contributed by atoms with Crippen LogP contribution in [-0.4, -0.2) is 48.4 Å². The maximum absolute atomic E-state index is 12.2. The molecule has 0 bridgehead atoms. The van der Waals surface area contributed by atoms with Crippen molar-refractivity contribution in [1.29, 1.82) is 0 Å². The van der Waals surface area contributed by atoms with Gasteiger partial charge >= 0.3 is 6.03 Å². The summed E-state index contributed by atoms with van der Waals surface area (Å²) in [6.07, 6.45) is 0.870. The van der Waals surface area contributed by atoms with Crippen LogP contribution in [0.4, 0.5) is 4.79 Å². The van der Waals surface area contributed by atoms with E-state index >= 15 is 0 Å². The molecule has 0 spiro atoms. The zero-order chi connectivity index (χ0) is 17.7. The van der Waals surface area contributed by atoms with Gasteiger partial charge in [-0.1, -0.05) is 32.9 Å². The first kappa shape index (κ1) is 18.6. The molecule has 24 heavy (non-hydrogen) atoms. The second kappa shape index (κ2) is 7.88. The van der Waals surface area contributed by atoms with Crippen molar-refractivity contribution in [3.63, 3.8) is 0 Å². The molecule has 0 aliphatic carbocycles. The van der Waals surface area contributed by atoms with E-state index in [-0.39, 0.29) is 30.0 Å². The Morgan fingerprint density at radius 2 is 2.04 bits per heavy atom. The molecule has 2 amide bonds. The predicted molar refractivity (Wildman–Crippen MR) is 95.4 cm³/mol. The molecule has 0 radical (unpaired) electrons. The number of hydrogen-bond donors (Lipinski definition) is 2. The number of amides is 2. The molecule has 1 aliphatic heterocycles. The SMILES string of the molecule is CC(COc1ccc(C(C)(C)C)cc1)NC(=O)N1CCC(CO)C1. The molecule has 1 aromatic rings. The molecule has 0 aromatic heterocycles. The number of nitrogens with one attached hydrogen (secondary N) is 1. The Bertz CT molecular complexity index is 537. The minimum atomic E-state index is -0.0786. The van der Waals surface area contributed by atoms with Gasteiger partial charge in [0.05, 0.1) is 6.04 Å². The van der Waals surface area contributed by atoms with E-state index in [4.69, 9.17) is 9.84 Å². The van der Waals surface area contributed by atoms with E-state index in [2.05, 4.69) is 38.2 Å². The highest BCUT2D eigenvalue weighted by Gasteiger charge is 2.26. The second-order valence-corrected chi connectivity index (χ2v) is 7.72. The molecule has 134 valence electrons. The summed E-state index contributed by atoms with van der Waals surface area (Å²) >= 11 is 0. The lowest BCUT2D eigenvalue weighted by molar-refractivity contribution is 0.189. The van der Waals surface area contributed by atoms with Crippen molar-refractivity contribution < 1.29 is 14.6 Å². The van der Waals surface area contributed by atoms with Gasteiger partial charge in [-0.05, 0) is 36.5 Å². The van der Waals surface area contributed by atoms with Crippen molar-refractivity contribution in [3.05, 3.63) is 29.8 Å². The fourth-order valence-electron chi connectivity index (χ4n) is 2.78. The normalized spacial score (nSPS) is 19.2. The molecule has 5 heteroatoms. The van der Waals surface area contributed by atoms with E-state index in [0.29, 0.717) is 19.7 Å². The molecule has 0 saturated carbocycles. The summed E-state index contributed by atoms with van der Waals surface area (Å²) in [7, 11) is 0. The molecule has 1 fully saturated rings. The summed E-state index contributed by atoms with van der Waals surface area (Å²) in [5, 5.41) is 12.1. The number of aliphatic hydroxyl groups excluding tert-OH is 1. The molecule has 2 unspecified atom stereocenters. The molecule has 1 aromatic carbocycles. The lowest BCUT2D eigenvalue weighted by atomic mass is 9.87. The van der Waals surface area contributed by atoms with E-state index in [1.165, 1.54) is 5.56 Å². The summed E-state index contributed by atoms with van der Waals surface area (Å²) < 4.78 is 5.77. The van der Waals surface area contributed by atoms with E-state index in [1.807, 2.05) is 19.1 Å². The molecule has 1 heterocycles. The first-order valence-corrected chi connectivity index (χ1v) is 8.69. The lowest BCUT2D eigenvalue weighted by Gasteiger charge is -2.22. The highest BCUT2D eigenvalue weighted by Crippen LogP contribution is 2.24. The summed E-state index contributed by atoms with van der Waals surface area (Å²) in [5.41, 5.74) is 1.39. The van der Waals surface area contributed by atoms with Gasteiger partial charge < -0.3 is 20.1 Å². The third-order valence-corrected chi connectivity index (χ3v) is 4.42. The molecule has 1 saturated heterocycles. The Balaban J connectivity index is 1.76. The van der Waals surface area contributed by atoms with Gasteiger partial charge in [0.25, 0.3) is 0 Å². The van der Waals surface area contributed by atoms with Crippen LogP contribution in [0.2, 0.25) is 0 Å². The van der Waals surface area contributed by atoms with Crippen LogP contribution in [0.3, 0.4) is 0 Å². The molecule has 2 rings (SSSR count). The van der Waals surface area contributed by atoms with Crippen LogP contribution in [0.5, 0.6) is 5.75 Å². The Morgan fingerprint density at radius 3 is 2.58 bits per heavy atom. The quantitative estimate of drug-likeness (QED) is 0.870. The number of nitrogens with zero attached hydrogens (tertiary/aromatic N) is 1. The smallest absolute Gasteiger partial charge is 0.317 e. The van der Waals surface area contributed by atoms with Crippen molar-refractivity contribution in [2.75, 3.05) is 26.3 Å². The maximum Gasteiger partial charge on any atom is 0.317 e. The molecule has 2 atom stereocenters. The van der Waals surface area contributed by atoms with Crippen LogP contribution in [0.15, 0.2) is 24.3 Å². The fraction of sp³-hybridized carbons (Fsp3) is 0.632. The van der Waals surface area contributed by atoms with Crippen LogP contribution in [0, 0.1) is 5.92 Å². The molecule has 2 N–H and O–H groups in total. The van der Waals surface area contributed by atoms with Gasteiger partial charge in [0.1, 0.15) is 12.4 Å². The fourth-order valence-corrected chi connectivity index (χ4v) is 2.78. The molecule has 1 aliphatic rings. The van der Waals surface area contributed by atoms with E-state index in [1.54, 1.807) is 4.90 Å². The molecule has 5 nitrogen and oxygen atoms in total. The van der Waals surface area contributed by atoms with Gasteiger partial charge in [-0.25, -0.2) is 4.79 Å². The summed E-state index contributed by atoms with van der Waals surface area (Å²) in [4.78, 5) is 13.9. The average molecular weight is 334 g/mol. The number of carbonyl (C=O) groups is 1. The van der Waals surface area contributed by atoms with E-state index in [9.17, 15) is 4.79 Å². The third-order valence-electron chi connectivity index (χ3n) is 4.42. The summed E-state index contributed by atoms with van der Waals surface area (Å²) in [6, 6.07) is 7.96. The standard InChI is InChI=1S/C19H30N2O3/c1-14(20-18(23)21-10-9-15(11-21)12-22)13-24-17-7-5-16(6-8-17)19(2,3)4/h5-8,14-15,22H,9-13H2,1-4H3,(H,20,23). The monoisotopic (exact) mass is 334 g/mol. The van der Waals surface area contributed by atoms with Gasteiger partial charge in [0, 0.05) is 25.6 Å². The topological polar surface area (TPSA) is 61.8 Å².